The lowest BCUT2D eigenvalue weighted by atomic mass is 9.91. The van der Waals surface area contributed by atoms with E-state index in [1.807, 2.05) is 48.5 Å². The van der Waals surface area contributed by atoms with E-state index in [2.05, 4.69) is 12.1 Å². The molecule has 0 bridgehead atoms. The molecule has 1 amide bonds. The topological polar surface area (TPSA) is 49.8 Å². The normalized spacial score (nSPS) is 27.3. The number of fused-ring (bicyclic) bond motifs is 1. The predicted molar refractivity (Wildman–Crippen MR) is 99.5 cm³/mol. The summed E-state index contributed by atoms with van der Waals surface area (Å²) in [5, 5.41) is 11.0. The van der Waals surface area contributed by atoms with Gasteiger partial charge < -0.3 is 14.7 Å². The van der Waals surface area contributed by atoms with Crippen molar-refractivity contribution in [1.82, 2.24) is 4.90 Å². The molecule has 1 aliphatic carbocycles. The van der Waals surface area contributed by atoms with Crippen LogP contribution in [0.25, 0.3) is 0 Å². The molecule has 1 saturated heterocycles. The minimum Gasteiger partial charge on any atom is -0.445 e. The average molecular weight is 351 g/mol. The molecule has 4 nitrogen and oxygen atoms in total. The number of carbonyl (C=O) groups excluding carboxylic acids is 1. The smallest absolute Gasteiger partial charge is 0.410 e. The first kappa shape index (κ1) is 17.1. The molecule has 1 saturated carbocycles. The highest BCUT2D eigenvalue weighted by Crippen LogP contribution is 2.45. The number of hydrogen-bond donors (Lipinski definition) is 1. The molecule has 2 aliphatic rings. The highest BCUT2D eigenvalue weighted by molar-refractivity contribution is 5.68. The number of rotatable bonds is 4. The molecule has 1 aliphatic heterocycles. The molecule has 0 radical (unpaired) electrons. The van der Waals surface area contributed by atoms with Gasteiger partial charge in [-0.3, -0.25) is 0 Å². The summed E-state index contributed by atoms with van der Waals surface area (Å²) in [6, 6.07) is 19.9. The second-order valence-corrected chi connectivity index (χ2v) is 7.76. The summed E-state index contributed by atoms with van der Waals surface area (Å²) in [6.45, 7) is 1.69. The van der Waals surface area contributed by atoms with E-state index in [-0.39, 0.29) is 6.09 Å². The molecule has 2 aromatic carbocycles. The van der Waals surface area contributed by atoms with Crippen LogP contribution in [0, 0.1) is 11.8 Å². The minimum atomic E-state index is -0.642. The van der Waals surface area contributed by atoms with Gasteiger partial charge in [0.1, 0.15) is 6.61 Å². The maximum atomic E-state index is 12.3. The number of benzene rings is 2. The first-order valence-electron chi connectivity index (χ1n) is 9.33. The zero-order valence-corrected chi connectivity index (χ0v) is 14.9. The Hall–Kier alpha value is -2.33. The first-order valence-corrected chi connectivity index (χ1v) is 9.33. The number of nitrogens with zero attached hydrogens (tertiary/aromatic N) is 1. The van der Waals surface area contributed by atoms with Gasteiger partial charge in [-0.1, -0.05) is 60.7 Å². The Kier molecular flexibility index (Phi) is 4.68. The van der Waals surface area contributed by atoms with Gasteiger partial charge in [0.15, 0.2) is 0 Å². The van der Waals surface area contributed by atoms with Crippen LogP contribution < -0.4 is 0 Å². The summed E-state index contributed by atoms with van der Waals surface area (Å²) in [7, 11) is 0. The molecular formula is C22H25NO3. The van der Waals surface area contributed by atoms with Crippen LogP contribution in [0.2, 0.25) is 0 Å². The fourth-order valence-corrected chi connectivity index (χ4v) is 4.54. The second-order valence-electron chi connectivity index (χ2n) is 7.76. The summed E-state index contributed by atoms with van der Waals surface area (Å²) in [5.41, 5.74) is 1.53. The van der Waals surface area contributed by atoms with E-state index in [0.29, 0.717) is 38.0 Å². The zero-order valence-electron chi connectivity index (χ0n) is 14.9. The van der Waals surface area contributed by atoms with Crippen molar-refractivity contribution in [2.75, 3.05) is 13.1 Å². The van der Waals surface area contributed by atoms with Crippen molar-refractivity contribution in [3.63, 3.8) is 0 Å². The standard InChI is InChI=1S/C22H25NO3/c24-21(26-16-18-9-5-2-6-10-18)23-14-19-12-22(25,13-20(19)15-23)11-17-7-3-1-4-8-17/h1-10,19-20,25H,11-16H2/t19-,20+,22-. The number of ether oxygens (including phenoxy) is 1. The fourth-order valence-electron chi connectivity index (χ4n) is 4.54. The van der Waals surface area contributed by atoms with E-state index in [1.54, 1.807) is 4.90 Å². The van der Waals surface area contributed by atoms with Crippen LogP contribution in [0.1, 0.15) is 24.0 Å². The molecule has 0 aromatic heterocycles. The summed E-state index contributed by atoms with van der Waals surface area (Å²) < 4.78 is 5.45. The van der Waals surface area contributed by atoms with Crippen LogP contribution in [-0.4, -0.2) is 34.8 Å². The molecule has 0 unspecified atom stereocenters. The average Bonchev–Trinajstić information content (AvgIpc) is 3.16. The van der Waals surface area contributed by atoms with Gasteiger partial charge in [-0.25, -0.2) is 4.79 Å². The molecule has 0 spiro atoms. The van der Waals surface area contributed by atoms with E-state index < -0.39 is 5.60 Å². The van der Waals surface area contributed by atoms with Gasteiger partial charge in [0.25, 0.3) is 0 Å². The van der Waals surface area contributed by atoms with Gasteiger partial charge >= 0.3 is 6.09 Å². The van der Waals surface area contributed by atoms with Gasteiger partial charge in [-0.05, 0) is 35.8 Å². The molecule has 136 valence electrons. The van der Waals surface area contributed by atoms with Crippen molar-refractivity contribution in [2.45, 2.75) is 31.5 Å². The molecule has 26 heavy (non-hydrogen) atoms. The first-order chi connectivity index (χ1) is 12.6. The van der Waals surface area contributed by atoms with Gasteiger partial charge in [-0.2, -0.15) is 0 Å². The van der Waals surface area contributed by atoms with Gasteiger partial charge in [0.05, 0.1) is 5.60 Å². The lowest BCUT2D eigenvalue weighted by Gasteiger charge is -2.26. The Morgan fingerprint density at radius 2 is 1.50 bits per heavy atom. The molecule has 2 fully saturated rings. The Morgan fingerprint density at radius 3 is 2.08 bits per heavy atom. The summed E-state index contributed by atoms with van der Waals surface area (Å²) in [5.74, 6) is 0.737. The van der Waals surface area contributed by atoms with Crippen LogP contribution in [0.5, 0.6) is 0 Å². The van der Waals surface area contributed by atoms with E-state index in [0.717, 1.165) is 18.4 Å². The molecule has 4 rings (SSSR count). The molecule has 1 heterocycles. The zero-order chi connectivity index (χ0) is 18.0. The third-order valence-corrected chi connectivity index (χ3v) is 5.70. The lowest BCUT2D eigenvalue weighted by molar-refractivity contribution is 0.0337. The molecule has 2 aromatic rings. The quantitative estimate of drug-likeness (QED) is 0.915. The molecular weight excluding hydrogens is 326 g/mol. The third kappa shape index (κ3) is 3.75. The Balaban J connectivity index is 1.30. The Morgan fingerprint density at radius 1 is 0.962 bits per heavy atom. The predicted octanol–water partition coefficient (Wildman–Crippen LogP) is 3.64. The van der Waals surface area contributed by atoms with Crippen molar-refractivity contribution in [1.29, 1.82) is 0 Å². The Bertz CT molecular complexity index is 732. The van der Waals surface area contributed by atoms with Crippen molar-refractivity contribution in [3.05, 3.63) is 71.8 Å². The second kappa shape index (κ2) is 7.12. The van der Waals surface area contributed by atoms with Crippen molar-refractivity contribution < 1.29 is 14.6 Å². The van der Waals surface area contributed by atoms with Gasteiger partial charge in [0.2, 0.25) is 0 Å². The maximum Gasteiger partial charge on any atom is 0.410 e. The number of amides is 1. The van der Waals surface area contributed by atoms with E-state index in [4.69, 9.17) is 4.74 Å². The van der Waals surface area contributed by atoms with E-state index >= 15 is 0 Å². The van der Waals surface area contributed by atoms with Crippen LogP contribution >= 0.6 is 0 Å². The molecule has 4 heteroatoms. The van der Waals surface area contributed by atoms with E-state index in [1.165, 1.54) is 5.56 Å². The SMILES string of the molecule is O=C(OCc1ccccc1)N1C[C@@H]2C[C@@](O)(Cc3ccccc3)C[C@@H]2C1. The number of carbonyl (C=O) groups is 1. The van der Waals surface area contributed by atoms with Crippen molar-refractivity contribution in [3.8, 4) is 0 Å². The largest absolute Gasteiger partial charge is 0.445 e. The van der Waals surface area contributed by atoms with Crippen molar-refractivity contribution in [2.24, 2.45) is 11.8 Å². The van der Waals surface area contributed by atoms with Crippen LogP contribution in [0.4, 0.5) is 4.79 Å². The van der Waals surface area contributed by atoms with Crippen LogP contribution in [0.3, 0.4) is 0 Å². The van der Waals surface area contributed by atoms with Crippen molar-refractivity contribution >= 4 is 6.09 Å². The highest BCUT2D eigenvalue weighted by Gasteiger charge is 2.49. The van der Waals surface area contributed by atoms with Gasteiger partial charge in [0, 0.05) is 19.5 Å². The van der Waals surface area contributed by atoms with E-state index in [9.17, 15) is 9.90 Å². The molecule has 1 N–H and O–H groups in total. The monoisotopic (exact) mass is 351 g/mol. The number of aliphatic hydroxyl groups is 1. The molecule has 3 atom stereocenters. The van der Waals surface area contributed by atoms with Crippen LogP contribution in [0.15, 0.2) is 60.7 Å². The Labute approximate surface area is 154 Å². The number of hydrogen-bond acceptors (Lipinski definition) is 3. The summed E-state index contributed by atoms with van der Waals surface area (Å²) >= 11 is 0. The lowest BCUT2D eigenvalue weighted by Crippen LogP contribution is -2.34. The maximum absolute atomic E-state index is 12.3. The summed E-state index contributed by atoms with van der Waals surface area (Å²) in [4.78, 5) is 14.1. The summed E-state index contributed by atoms with van der Waals surface area (Å²) in [6.07, 6.45) is 1.97. The third-order valence-electron chi connectivity index (χ3n) is 5.70. The minimum absolute atomic E-state index is 0.241. The number of likely N-dealkylation sites (tertiary alicyclic amines) is 1. The highest BCUT2D eigenvalue weighted by atomic mass is 16.6. The fraction of sp³-hybridized carbons (Fsp3) is 0.409. The van der Waals surface area contributed by atoms with Crippen LogP contribution in [-0.2, 0) is 17.8 Å². The van der Waals surface area contributed by atoms with Gasteiger partial charge in [-0.15, -0.1) is 0 Å².